The lowest BCUT2D eigenvalue weighted by Crippen LogP contribution is -2.32. The number of benzene rings is 2. The molecule has 3 nitrogen and oxygen atoms in total. The van der Waals surface area contributed by atoms with Crippen LogP contribution in [0.25, 0.3) is 0 Å². The number of hydrogen-bond acceptors (Lipinski definition) is 2. The second kappa shape index (κ2) is 7.60. The van der Waals surface area contributed by atoms with Gasteiger partial charge in [-0.05, 0) is 55.5 Å². The van der Waals surface area contributed by atoms with Crippen LogP contribution in [-0.4, -0.2) is 11.7 Å². The summed E-state index contributed by atoms with van der Waals surface area (Å²) >= 11 is 0. The number of halogens is 1. The van der Waals surface area contributed by atoms with Crippen LogP contribution in [0.2, 0.25) is 0 Å². The summed E-state index contributed by atoms with van der Waals surface area (Å²) in [5.74, 6) is -0.107. The van der Waals surface area contributed by atoms with Crippen molar-refractivity contribution in [2.75, 3.05) is 0 Å². The maximum Gasteiger partial charge on any atom is 0.251 e. The first-order valence-corrected chi connectivity index (χ1v) is 8.72. The van der Waals surface area contributed by atoms with Gasteiger partial charge in [0, 0.05) is 11.1 Å². The lowest BCUT2D eigenvalue weighted by Gasteiger charge is -2.25. The van der Waals surface area contributed by atoms with Crippen molar-refractivity contribution in [1.29, 1.82) is 0 Å². The lowest BCUT2D eigenvalue weighted by molar-refractivity contribution is 0.0920. The quantitative estimate of drug-likeness (QED) is 0.803. The Kier molecular flexibility index (Phi) is 5.27. The number of carbonyl (C=O) groups excluding carboxylic acids is 2. The summed E-state index contributed by atoms with van der Waals surface area (Å²) in [6.45, 7) is 1.50. The molecule has 1 fully saturated rings. The molecule has 1 saturated carbocycles. The molecule has 1 aliphatic carbocycles. The molecule has 0 aliphatic heterocycles. The molecule has 0 bridgehead atoms. The number of rotatable bonds is 5. The SMILES string of the molecule is CC(=O)c1ccc(C(=O)NC(c2ccc(F)cc2)C2CCCC2)cc1. The third kappa shape index (κ3) is 4.13. The summed E-state index contributed by atoms with van der Waals surface area (Å²) in [6.07, 6.45) is 4.44. The molecule has 1 atom stereocenters. The molecule has 0 saturated heterocycles. The summed E-state index contributed by atoms with van der Waals surface area (Å²) in [6, 6.07) is 12.9. The van der Waals surface area contributed by atoms with Crippen LogP contribution in [0, 0.1) is 11.7 Å². The zero-order chi connectivity index (χ0) is 17.8. The van der Waals surface area contributed by atoms with Gasteiger partial charge in [-0.1, -0.05) is 37.1 Å². The molecule has 0 radical (unpaired) electrons. The van der Waals surface area contributed by atoms with Crippen LogP contribution in [0.3, 0.4) is 0 Å². The number of carbonyl (C=O) groups is 2. The Balaban J connectivity index is 1.80. The molecule has 1 aliphatic rings. The molecule has 1 unspecified atom stereocenters. The van der Waals surface area contributed by atoms with Crippen LogP contribution in [-0.2, 0) is 0 Å². The van der Waals surface area contributed by atoms with Crippen LogP contribution in [0.4, 0.5) is 4.39 Å². The van der Waals surface area contributed by atoms with Crippen LogP contribution in [0.1, 0.15) is 64.9 Å². The number of hydrogen-bond donors (Lipinski definition) is 1. The molecule has 2 aromatic carbocycles. The molecule has 0 spiro atoms. The monoisotopic (exact) mass is 339 g/mol. The molecule has 1 N–H and O–H groups in total. The van der Waals surface area contributed by atoms with Crippen molar-refractivity contribution in [3.8, 4) is 0 Å². The highest BCUT2D eigenvalue weighted by atomic mass is 19.1. The summed E-state index contributed by atoms with van der Waals surface area (Å²) < 4.78 is 13.2. The standard InChI is InChI=1S/C21H22FNO2/c1-14(24)15-6-8-18(9-7-15)21(25)23-20(16-4-2-3-5-16)17-10-12-19(22)13-11-17/h6-13,16,20H,2-5H2,1H3,(H,23,25). The van der Waals surface area contributed by atoms with Gasteiger partial charge < -0.3 is 5.32 Å². The highest BCUT2D eigenvalue weighted by molar-refractivity contribution is 5.97. The van der Waals surface area contributed by atoms with Gasteiger partial charge in [0.2, 0.25) is 0 Å². The fourth-order valence-corrected chi connectivity index (χ4v) is 3.52. The molecule has 1 amide bonds. The van der Waals surface area contributed by atoms with Crippen molar-refractivity contribution in [3.63, 3.8) is 0 Å². The average molecular weight is 339 g/mol. The van der Waals surface area contributed by atoms with Crippen molar-refractivity contribution < 1.29 is 14.0 Å². The van der Waals surface area contributed by atoms with E-state index in [4.69, 9.17) is 0 Å². The summed E-state index contributed by atoms with van der Waals surface area (Å²) in [7, 11) is 0. The van der Waals surface area contributed by atoms with Gasteiger partial charge in [0.25, 0.3) is 5.91 Å². The van der Waals surface area contributed by atoms with Crippen molar-refractivity contribution in [2.45, 2.75) is 38.6 Å². The van der Waals surface area contributed by atoms with E-state index in [-0.39, 0.29) is 23.5 Å². The molecular formula is C21H22FNO2. The smallest absolute Gasteiger partial charge is 0.251 e. The molecule has 4 heteroatoms. The topological polar surface area (TPSA) is 46.2 Å². The van der Waals surface area contributed by atoms with Crippen LogP contribution < -0.4 is 5.32 Å². The number of nitrogens with one attached hydrogen (secondary N) is 1. The summed E-state index contributed by atoms with van der Waals surface area (Å²) in [5, 5.41) is 3.11. The highest BCUT2D eigenvalue weighted by Gasteiger charge is 2.28. The molecular weight excluding hydrogens is 317 g/mol. The molecule has 130 valence electrons. The van der Waals surface area contributed by atoms with Gasteiger partial charge in [0.15, 0.2) is 5.78 Å². The van der Waals surface area contributed by atoms with Crippen molar-refractivity contribution in [2.24, 2.45) is 5.92 Å². The molecule has 3 rings (SSSR count). The minimum absolute atomic E-state index is 0.0258. The van der Waals surface area contributed by atoms with Crippen LogP contribution >= 0.6 is 0 Å². The van der Waals surface area contributed by atoms with E-state index in [9.17, 15) is 14.0 Å². The molecule has 25 heavy (non-hydrogen) atoms. The zero-order valence-electron chi connectivity index (χ0n) is 14.3. The predicted octanol–water partition coefficient (Wildman–Crippen LogP) is 4.69. The lowest BCUT2D eigenvalue weighted by atomic mass is 9.91. The van der Waals surface area contributed by atoms with Gasteiger partial charge in [-0.3, -0.25) is 9.59 Å². The Labute approximate surface area is 147 Å². The molecule has 0 aromatic heterocycles. The van der Waals surface area contributed by atoms with E-state index in [0.29, 0.717) is 17.0 Å². The van der Waals surface area contributed by atoms with Gasteiger partial charge in [0.1, 0.15) is 5.82 Å². The van der Waals surface area contributed by atoms with E-state index in [0.717, 1.165) is 31.2 Å². The second-order valence-corrected chi connectivity index (χ2v) is 6.68. The third-order valence-corrected chi connectivity index (χ3v) is 4.94. The van der Waals surface area contributed by atoms with Gasteiger partial charge >= 0.3 is 0 Å². The van der Waals surface area contributed by atoms with Gasteiger partial charge in [-0.15, -0.1) is 0 Å². The van der Waals surface area contributed by atoms with Crippen LogP contribution in [0.5, 0.6) is 0 Å². The molecule has 2 aromatic rings. The van der Waals surface area contributed by atoms with Gasteiger partial charge in [0.05, 0.1) is 6.04 Å². The Hall–Kier alpha value is -2.49. The van der Waals surface area contributed by atoms with Crippen molar-refractivity contribution in [3.05, 3.63) is 71.0 Å². The van der Waals surface area contributed by atoms with Gasteiger partial charge in [-0.2, -0.15) is 0 Å². The normalized spacial score (nSPS) is 15.8. The van der Waals surface area contributed by atoms with E-state index < -0.39 is 0 Å². The van der Waals surface area contributed by atoms with E-state index in [1.807, 2.05) is 0 Å². The van der Waals surface area contributed by atoms with Gasteiger partial charge in [-0.25, -0.2) is 4.39 Å². The Morgan fingerprint density at radius 3 is 2.08 bits per heavy atom. The number of amides is 1. The fraction of sp³-hybridized carbons (Fsp3) is 0.333. The zero-order valence-corrected chi connectivity index (χ0v) is 14.3. The molecule has 0 heterocycles. The minimum Gasteiger partial charge on any atom is -0.345 e. The summed E-state index contributed by atoms with van der Waals surface area (Å²) in [5.41, 5.74) is 2.04. The van der Waals surface area contributed by atoms with E-state index >= 15 is 0 Å². The van der Waals surface area contributed by atoms with E-state index in [1.54, 1.807) is 36.4 Å². The number of ketones is 1. The maximum atomic E-state index is 13.2. The maximum absolute atomic E-state index is 13.2. The third-order valence-electron chi connectivity index (χ3n) is 4.94. The second-order valence-electron chi connectivity index (χ2n) is 6.68. The fourth-order valence-electron chi connectivity index (χ4n) is 3.52. The predicted molar refractivity (Wildman–Crippen MR) is 95.0 cm³/mol. The largest absolute Gasteiger partial charge is 0.345 e. The minimum atomic E-state index is -0.278. The summed E-state index contributed by atoms with van der Waals surface area (Å²) in [4.78, 5) is 24.0. The average Bonchev–Trinajstić information content (AvgIpc) is 3.15. The highest BCUT2D eigenvalue weighted by Crippen LogP contribution is 2.36. The first-order chi connectivity index (χ1) is 12.0. The Morgan fingerprint density at radius 2 is 1.52 bits per heavy atom. The van der Waals surface area contributed by atoms with Crippen LogP contribution in [0.15, 0.2) is 48.5 Å². The van der Waals surface area contributed by atoms with Crippen molar-refractivity contribution in [1.82, 2.24) is 5.32 Å². The first-order valence-electron chi connectivity index (χ1n) is 8.72. The Bertz CT molecular complexity index is 746. The van der Waals surface area contributed by atoms with E-state index in [2.05, 4.69) is 5.32 Å². The number of Topliss-reactive ketones (excluding diaryl/α,β-unsaturated/α-hetero) is 1. The van der Waals surface area contributed by atoms with Crippen molar-refractivity contribution >= 4 is 11.7 Å². The van der Waals surface area contributed by atoms with E-state index in [1.165, 1.54) is 19.1 Å². The first kappa shape index (κ1) is 17.3. The Morgan fingerprint density at radius 1 is 0.960 bits per heavy atom.